The first-order valence-electron chi connectivity index (χ1n) is 6.55. The molecule has 1 fully saturated rings. The van der Waals surface area contributed by atoms with Crippen LogP contribution in [-0.4, -0.2) is 40.4 Å². The van der Waals surface area contributed by atoms with Gasteiger partial charge in [0.05, 0.1) is 0 Å². The van der Waals surface area contributed by atoms with Crippen LogP contribution in [0.1, 0.15) is 24.4 Å². The van der Waals surface area contributed by atoms with Crippen LogP contribution in [0, 0.1) is 6.92 Å². The average molecular weight is 294 g/mol. The smallest absolute Gasteiger partial charge is 0.205 e. The molecule has 4 nitrogen and oxygen atoms in total. The third-order valence-corrected chi connectivity index (χ3v) is 5.24. The van der Waals surface area contributed by atoms with Crippen LogP contribution in [0.25, 0.3) is 0 Å². The zero-order valence-corrected chi connectivity index (χ0v) is 12.9. The van der Waals surface area contributed by atoms with Gasteiger partial charge in [0.25, 0.3) is 0 Å². The lowest BCUT2D eigenvalue weighted by molar-refractivity contribution is 0.199. The average Bonchev–Trinajstić information content (AvgIpc) is 3.09. The molecule has 0 radical (unpaired) electrons. The van der Waals surface area contributed by atoms with Gasteiger partial charge in [0, 0.05) is 43.8 Å². The van der Waals surface area contributed by atoms with Gasteiger partial charge in [0.15, 0.2) is 0 Å². The molecular weight excluding hydrogens is 276 g/mol. The molecule has 0 bridgehead atoms. The second kappa shape index (κ2) is 5.56. The van der Waals surface area contributed by atoms with Crippen LogP contribution in [0.2, 0.25) is 0 Å². The Bertz CT molecular complexity index is 514. The first kappa shape index (κ1) is 13.0. The number of anilines is 1. The lowest BCUT2D eigenvalue weighted by Gasteiger charge is -2.37. The predicted molar refractivity (Wildman–Crippen MR) is 81.2 cm³/mol. The summed E-state index contributed by atoms with van der Waals surface area (Å²) >= 11 is 3.29. The van der Waals surface area contributed by atoms with Gasteiger partial charge in [0.2, 0.25) is 5.13 Å². The van der Waals surface area contributed by atoms with E-state index in [0.29, 0.717) is 6.04 Å². The van der Waals surface area contributed by atoms with E-state index < -0.39 is 0 Å². The molecule has 6 heteroatoms. The first-order chi connectivity index (χ1) is 9.24. The predicted octanol–water partition coefficient (Wildman–Crippen LogP) is 2.79. The maximum atomic E-state index is 4.47. The van der Waals surface area contributed by atoms with Crippen LogP contribution in [0.5, 0.6) is 0 Å². The fraction of sp³-hybridized carbons (Fsp3) is 0.538. The molecule has 0 aromatic carbocycles. The molecule has 3 rings (SSSR count). The highest BCUT2D eigenvalue weighted by Gasteiger charge is 2.23. The normalized spacial score (nSPS) is 18.7. The SMILES string of the molecule is Cc1nsc(N2CCN(C(C)c3ccsc3)CC2)n1. The second-order valence-electron chi connectivity index (χ2n) is 4.88. The molecule has 1 aliphatic heterocycles. The summed E-state index contributed by atoms with van der Waals surface area (Å²) in [7, 11) is 0. The van der Waals surface area contributed by atoms with E-state index in [2.05, 4.69) is 42.9 Å². The number of aryl methyl sites for hydroxylation is 1. The van der Waals surface area contributed by atoms with Gasteiger partial charge >= 0.3 is 0 Å². The molecule has 0 spiro atoms. The highest BCUT2D eigenvalue weighted by atomic mass is 32.1. The number of nitrogens with zero attached hydrogens (tertiary/aromatic N) is 4. The maximum absolute atomic E-state index is 4.47. The van der Waals surface area contributed by atoms with Crippen molar-refractivity contribution < 1.29 is 0 Å². The van der Waals surface area contributed by atoms with Gasteiger partial charge in [-0.1, -0.05) is 0 Å². The number of hydrogen-bond donors (Lipinski definition) is 0. The molecule has 0 saturated carbocycles. The van der Waals surface area contributed by atoms with E-state index in [4.69, 9.17) is 0 Å². The molecule has 2 aromatic heterocycles. The van der Waals surface area contributed by atoms with E-state index in [-0.39, 0.29) is 0 Å². The van der Waals surface area contributed by atoms with E-state index in [1.807, 2.05) is 6.92 Å². The quantitative estimate of drug-likeness (QED) is 0.871. The summed E-state index contributed by atoms with van der Waals surface area (Å²) in [4.78, 5) is 9.37. The van der Waals surface area contributed by atoms with E-state index in [1.54, 1.807) is 11.3 Å². The summed E-state index contributed by atoms with van der Waals surface area (Å²) in [5, 5.41) is 5.48. The van der Waals surface area contributed by atoms with Crippen molar-refractivity contribution in [1.29, 1.82) is 0 Å². The maximum Gasteiger partial charge on any atom is 0.205 e. The topological polar surface area (TPSA) is 32.3 Å². The van der Waals surface area contributed by atoms with Crippen molar-refractivity contribution in [3.05, 3.63) is 28.2 Å². The van der Waals surface area contributed by atoms with Crippen LogP contribution in [-0.2, 0) is 0 Å². The number of hydrogen-bond acceptors (Lipinski definition) is 6. The summed E-state index contributed by atoms with van der Waals surface area (Å²) in [5.41, 5.74) is 1.44. The molecule has 102 valence electrons. The van der Waals surface area contributed by atoms with E-state index >= 15 is 0 Å². The summed E-state index contributed by atoms with van der Waals surface area (Å²) in [6, 6.07) is 2.75. The van der Waals surface area contributed by atoms with Crippen molar-refractivity contribution in [2.75, 3.05) is 31.1 Å². The highest BCUT2D eigenvalue weighted by Crippen LogP contribution is 2.25. The van der Waals surface area contributed by atoms with Gasteiger partial charge in [-0.05, 0) is 36.2 Å². The van der Waals surface area contributed by atoms with Crippen molar-refractivity contribution in [2.45, 2.75) is 19.9 Å². The fourth-order valence-electron chi connectivity index (χ4n) is 2.44. The molecule has 1 saturated heterocycles. The molecule has 0 N–H and O–H groups in total. The zero-order valence-electron chi connectivity index (χ0n) is 11.2. The van der Waals surface area contributed by atoms with Gasteiger partial charge in [-0.25, -0.2) is 4.98 Å². The van der Waals surface area contributed by atoms with Gasteiger partial charge in [-0.3, -0.25) is 4.90 Å². The Hall–Kier alpha value is -0.980. The molecule has 1 aliphatic rings. The highest BCUT2D eigenvalue weighted by molar-refractivity contribution is 7.09. The number of aromatic nitrogens is 2. The Balaban J connectivity index is 1.60. The Morgan fingerprint density at radius 2 is 2.05 bits per heavy atom. The van der Waals surface area contributed by atoms with Crippen LogP contribution in [0.15, 0.2) is 16.8 Å². The molecule has 0 aliphatic carbocycles. The van der Waals surface area contributed by atoms with Crippen molar-refractivity contribution in [1.82, 2.24) is 14.3 Å². The molecular formula is C13H18N4S2. The fourth-order valence-corrected chi connectivity index (χ4v) is 3.91. The minimum atomic E-state index is 0.518. The minimum absolute atomic E-state index is 0.518. The van der Waals surface area contributed by atoms with E-state index in [0.717, 1.165) is 37.1 Å². The Kier molecular flexibility index (Phi) is 3.81. The lowest BCUT2D eigenvalue weighted by atomic mass is 10.1. The standard InChI is InChI=1S/C13H18N4S2/c1-10(12-3-8-18-9-12)16-4-6-17(7-5-16)13-14-11(2)15-19-13/h3,8-10H,4-7H2,1-2H3. The van der Waals surface area contributed by atoms with Gasteiger partial charge in [-0.15, -0.1) is 0 Å². The summed E-state index contributed by atoms with van der Waals surface area (Å²) in [5.74, 6) is 0.883. The van der Waals surface area contributed by atoms with Crippen molar-refractivity contribution in [3.63, 3.8) is 0 Å². The van der Waals surface area contributed by atoms with E-state index in [9.17, 15) is 0 Å². The molecule has 0 amide bonds. The van der Waals surface area contributed by atoms with Crippen LogP contribution >= 0.6 is 22.9 Å². The molecule has 1 unspecified atom stereocenters. The van der Waals surface area contributed by atoms with Gasteiger partial charge in [-0.2, -0.15) is 15.7 Å². The Morgan fingerprint density at radius 1 is 1.26 bits per heavy atom. The Labute approximate surface area is 121 Å². The van der Waals surface area contributed by atoms with Crippen LogP contribution in [0.3, 0.4) is 0 Å². The van der Waals surface area contributed by atoms with Crippen LogP contribution < -0.4 is 4.90 Å². The number of piperazine rings is 1. The summed E-state index contributed by atoms with van der Waals surface area (Å²) < 4.78 is 4.26. The molecule has 3 heterocycles. The minimum Gasteiger partial charge on any atom is -0.344 e. The lowest BCUT2D eigenvalue weighted by Crippen LogP contribution is -2.47. The third kappa shape index (κ3) is 2.80. The third-order valence-electron chi connectivity index (χ3n) is 3.67. The second-order valence-corrected chi connectivity index (χ2v) is 6.39. The first-order valence-corrected chi connectivity index (χ1v) is 8.27. The van der Waals surface area contributed by atoms with Crippen LogP contribution in [0.4, 0.5) is 5.13 Å². The molecule has 1 atom stereocenters. The largest absolute Gasteiger partial charge is 0.344 e. The number of rotatable bonds is 3. The molecule has 19 heavy (non-hydrogen) atoms. The number of thiophene rings is 1. The summed E-state index contributed by atoms with van der Waals surface area (Å²) in [6.45, 7) is 8.53. The Morgan fingerprint density at radius 3 is 2.63 bits per heavy atom. The molecule has 2 aromatic rings. The van der Waals surface area contributed by atoms with E-state index in [1.165, 1.54) is 17.1 Å². The monoisotopic (exact) mass is 294 g/mol. The summed E-state index contributed by atoms with van der Waals surface area (Å²) in [6.07, 6.45) is 0. The zero-order chi connectivity index (χ0) is 13.2. The van der Waals surface area contributed by atoms with Crippen molar-refractivity contribution in [3.8, 4) is 0 Å². The van der Waals surface area contributed by atoms with Gasteiger partial charge in [0.1, 0.15) is 5.82 Å². The van der Waals surface area contributed by atoms with Gasteiger partial charge < -0.3 is 4.90 Å². The van der Waals surface area contributed by atoms with Crippen molar-refractivity contribution >= 4 is 28.0 Å². The van der Waals surface area contributed by atoms with Crippen molar-refractivity contribution in [2.24, 2.45) is 0 Å².